The number of azo groups is 1. The monoisotopic (exact) mass is 1040 g/mol. The van der Waals surface area contributed by atoms with E-state index in [9.17, 15) is 24.3 Å². The number of benzene rings is 5. The molecule has 0 aromatic heterocycles. The third-order valence-corrected chi connectivity index (χ3v) is 13.8. The summed E-state index contributed by atoms with van der Waals surface area (Å²) in [5, 5.41) is 20.8. The molecule has 2 amide bonds. The van der Waals surface area contributed by atoms with E-state index in [1.165, 1.54) is 19.6 Å². The van der Waals surface area contributed by atoms with Crippen molar-refractivity contribution in [2.24, 2.45) is 15.6 Å². The molecule has 1 fully saturated rings. The van der Waals surface area contributed by atoms with Gasteiger partial charge >= 0.3 is 11.9 Å². The van der Waals surface area contributed by atoms with Crippen LogP contribution in [-0.4, -0.2) is 127 Å². The van der Waals surface area contributed by atoms with Crippen LogP contribution in [0, 0.1) is 5.41 Å². The number of aliphatic carboxylic acids is 1. The number of anilines is 1. The molecule has 0 atom stereocenters. The molecule has 76 heavy (non-hydrogen) atoms. The Kier molecular flexibility index (Phi) is 23.8. The highest BCUT2D eigenvalue weighted by molar-refractivity contribution is 5.94. The third-order valence-electron chi connectivity index (χ3n) is 13.8. The molecule has 5 aromatic rings. The van der Waals surface area contributed by atoms with Crippen LogP contribution < -0.4 is 24.4 Å². The number of methoxy groups -OCH3 is 3. The summed E-state index contributed by atoms with van der Waals surface area (Å²) in [5.74, 6) is 0.158. The number of rotatable bonds is 27. The van der Waals surface area contributed by atoms with E-state index in [1.807, 2.05) is 121 Å². The Morgan fingerprint density at radius 1 is 0.618 bits per heavy atom. The summed E-state index contributed by atoms with van der Waals surface area (Å²) in [7, 11) is 8.78. The number of hydrogen-bond donors (Lipinski definition) is 2. The highest BCUT2D eigenvalue weighted by Gasteiger charge is 2.44. The Hall–Kier alpha value is -7.30. The predicted octanol–water partition coefficient (Wildman–Crippen LogP) is 10.9. The van der Waals surface area contributed by atoms with Gasteiger partial charge in [-0.05, 0) is 147 Å². The number of ether oxygens (including phenoxy) is 5. The van der Waals surface area contributed by atoms with Gasteiger partial charge in [0.05, 0.1) is 58.8 Å². The second kappa shape index (κ2) is 30.3. The lowest BCUT2D eigenvalue weighted by Crippen LogP contribution is -2.49. The Labute approximate surface area is 449 Å². The normalized spacial score (nSPS) is 13.1. The number of esters is 1. The molecule has 1 heterocycles. The number of carboxylic acid groups (broad SMARTS) is 1. The van der Waals surface area contributed by atoms with Gasteiger partial charge < -0.3 is 48.8 Å². The summed E-state index contributed by atoms with van der Waals surface area (Å²) in [5.41, 5.74) is 3.49. The number of nitrogens with one attached hydrogen (secondary N) is 1. The van der Waals surface area contributed by atoms with Gasteiger partial charge in [0.1, 0.15) is 22.8 Å². The fourth-order valence-electron chi connectivity index (χ4n) is 8.89. The van der Waals surface area contributed by atoms with Gasteiger partial charge in [-0.3, -0.25) is 19.2 Å². The quantitative estimate of drug-likeness (QED) is 0.0220. The van der Waals surface area contributed by atoms with Crippen molar-refractivity contribution in [2.45, 2.75) is 77.7 Å². The van der Waals surface area contributed by atoms with Crippen LogP contribution in [0.1, 0.15) is 99.2 Å². The van der Waals surface area contributed by atoms with Crippen LogP contribution in [0.5, 0.6) is 17.2 Å². The first-order valence-electron chi connectivity index (χ1n) is 26.2. The molecule has 1 saturated heterocycles. The van der Waals surface area contributed by atoms with Crippen LogP contribution in [0.15, 0.2) is 132 Å². The highest BCUT2D eigenvalue weighted by Crippen LogP contribution is 2.45. The maximum atomic E-state index is 13.6. The second-order valence-electron chi connectivity index (χ2n) is 18.9. The highest BCUT2D eigenvalue weighted by atomic mass is 16.5. The van der Waals surface area contributed by atoms with E-state index in [1.54, 1.807) is 45.6 Å². The average Bonchev–Trinajstić information content (AvgIpc) is 3.46. The first kappa shape index (κ1) is 59.6. The van der Waals surface area contributed by atoms with Gasteiger partial charge in [0.2, 0.25) is 5.91 Å². The number of hydrogen-bond acceptors (Lipinski definition) is 13. The molecule has 2 N–H and O–H groups in total. The van der Waals surface area contributed by atoms with E-state index >= 15 is 0 Å². The zero-order valence-electron chi connectivity index (χ0n) is 45.7. The van der Waals surface area contributed by atoms with E-state index in [0.29, 0.717) is 80.2 Å². The van der Waals surface area contributed by atoms with E-state index < -0.39 is 23.0 Å². The van der Waals surface area contributed by atoms with Gasteiger partial charge in [0, 0.05) is 56.8 Å². The van der Waals surface area contributed by atoms with Gasteiger partial charge in [-0.2, -0.15) is 10.2 Å². The molecule has 408 valence electrons. The maximum absolute atomic E-state index is 13.6. The van der Waals surface area contributed by atoms with Gasteiger partial charge in [-0.1, -0.05) is 63.6 Å². The number of likely N-dealkylation sites (tertiary alicyclic amines) is 1. The number of carbonyl (C=O) groups excluding carboxylic acids is 3. The van der Waals surface area contributed by atoms with Crippen molar-refractivity contribution in [3.05, 3.63) is 144 Å². The van der Waals surface area contributed by atoms with Crippen LogP contribution in [0.4, 0.5) is 17.1 Å². The van der Waals surface area contributed by atoms with E-state index in [4.69, 9.17) is 23.7 Å². The first-order chi connectivity index (χ1) is 36.7. The van der Waals surface area contributed by atoms with Crippen LogP contribution in [-0.2, 0) is 29.5 Å². The standard InChI is InChI=1S/C54H63N5O10.C6H15N/c1-58(2)45-22-20-44(21-23-45)57-56-43-18-10-39(11-19-43)52(64)55-34-8-6-7-9-49(60)59-35-32-53(33-36-59,37-68-51(63)31-30-50(61)62)38-69-54(40-12-24-46(65-3)25-13-40,41-14-26-47(66-4)27-15-41)42-16-28-48(67-5)29-17-42;1-4-7(5-2)6-3/h10-29H,6-9,30-38H2,1-5H3,(H,55,64)(H,61,62);4-6H2,1-3H3/b57-56+;. The second-order valence-corrected chi connectivity index (χ2v) is 18.9. The molecule has 0 aliphatic carbocycles. The molecule has 0 bridgehead atoms. The number of carboxylic acids is 1. The summed E-state index contributed by atoms with van der Waals surface area (Å²) in [6.45, 7) is 11.5. The molecule has 5 aromatic carbocycles. The van der Waals surface area contributed by atoms with Gasteiger partial charge in [0.15, 0.2) is 0 Å². The average molecular weight is 1040 g/mol. The zero-order valence-corrected chi connectivity index (χ0v) is 45.7. The van der Waals surface area contributed by atoms with Crippen molar-refractivity contribution in [1.29, 1.82) is 0 Å². The number of carbonyl (C=O) groups is 4. The fraction of sp³-hybridized carbons (Fsp3) is 0.433. The molecule has 1 aliphatic rings. The van der Waals surface area contributed by atoms with E-state index in [0.717, 1.165) is 34.5 Å². The SMILES string of the molecule is CCN(CC)CC.COc1ccc(C(OCC2(COC(=O)CCC(=O)O)CCN(C(=O)CCCCCNC(=O)c3ccc(/N=N/c4ccc(N(C)C)cc4)cc3)CC2)(c2ccc(OC)cc2)c2ccc(OC)cc2)cc1. The molecule has 16 nitrogen and oxygen atoms in total. The Bertz CT molecular complexity index is 2460. The lowest BCUT2D eigenvalue weighted by atomic mass is 9.77. The summed E-state index contributed by atoms with van der Waals surface area (Å²) in [4.78, 5) is 56.9. The molecular formula is C60H78N6O10. The Morgan fingerprint density at radius 2 is 1.09 bits per heavy atom. The molecule has 0 spiro atoms. The molecule has 1 aliphatic heterocycles. The third kappa shape index (κ3) is 17.4. The van der Waals surface area contributed by atoms with Crippen molar-refractivity contribution in [1.82, 2.24) is 15.1 Å². The molecule has 16 heteroatoms. The van der Waals surface area contributed by atoms with Crippen LogP contribution >= 0.6 is 0 Å². The maximum Gasteiger partial charge on any atom is 0.306 e. The smallest absolute Gasteiger partial charge is 0.306 e. The minimum atomic E-state index is -1.19. The topological polar surface area (TPSA) is 181 Å². The molecular weight excluding hydrogens is 965 g/mol. The summed E-state index contributed by atoms with van der Waals surface area (Å²) >= 11 is 0. The minimum Gasteiger partial charge on any atom is -0.497 e. The van der Waals surface area contributed by atoms with Crippen molar-refractivity contribution in [3.63, 3.8) is 0 Å². The molecule has 0 saturated carbocycles. The Morgan fingerprint density at radius 3 is 1.51 bits per heavy atom. The molecule has 0 unspecified atom stereocenters. The van der Waals surface area contributed by atoms with Crippen molar-refractivity contribution in [3.8, 4) is 17.2 Å². The van der Waals surface area contributed by atoms with Gasteiger partial charge in [-0.25, -0.2) is 0 Å². The summed E-state index contributed by atoms with van der Waals surface area (Å²) < 4.78 is 29.7. The van der Waals surface area contributed by atoms with Crippen molar-refractivity contribution < 1.29 is 48.0 Å². The number of unbranched alkanes of at least 4 members (excludes halogenated alkanes) is 2. The van der Waals surface area contributed by atoms with Gasteiger partial charge in [0.25, 0.3) is 5.91 Å². The largest absolute Gasteiger partial charge is 0.497 e. The van der Waals surface area contributed by atoms with E-state index in [2.05, 4.69) is 41.2 Å². The zero-order chi connectivity index (χ0) is 54.9. The number of piperidine rings is 1. The predicted molar refractivity (Wildman–Crippen MR) is 297 cm³/mol. The number of amides is 2. The first-order valence-corrected chi connectivity index (χ1v) is 26.2. The number of nitrogens with zero attached hydrogens (tertiary/aromatic N) is 5. The summed E-state index contributed by atoms with van der Waals surface area (Å²) in [6, 6.07) is 37.7. The Balaban J connectivity index is 0.00000142. The fourth-order valence-corrected chi connectivity index (χ4v) is 8.89. The molecule has 6 rings (SSSR count). The van der Waals surface area contributed by atoms with Crippen LogP contribution in [0.3, 0.4) is 0 Å². The lowest BCUT2D eigenvalue weighted by Gasteiger charge is -2.44. The minimum absolute atomic E-state index is 0.0230. The van der Waals surface area contributed by atoms with Crippen molar-refractivity contribution in [2.75, 3.05) is 92.8 Å². The summed E-state index contributed by atoms with van der Waals surface area (Å²) in [6.07, 6.45) is 2.81. The van der Waals surface area contributed by atoms with E-state index in [-0.39, 0.29) is 37.9 Å². The van der Waals surface area contributed by atoms with Gasteiger partial charge in [-0.15, -0.1) is 0 Å². The molecule has 0 radical (unpaired) electrons. The lowest BCUT2D eigenvalue weighted by molar-refractivity contribution is -0.157. The van der Waals surface area contributed by atoms with Crippen LogP contribution in [0.2, 0.25) is 0 Å². The van der Waals surface area contributed by atoms with Crippen molar-refractivity contribution >= 4 is 40.8 Å². The van der Waals surface area contributed by atoms with Crippen LogP contribution in [0.25, 0.3) is 0 Å².